The zero-order valence-electron chi connectivity index (χ0n) is 14.4. The van der Waals surface area contributed by atoms with Crippen molar-refractivity contribution in [3.8, 4) is 5.75 Å². The van der Waals surface area contributed by atoms with Crippen LogP contribution < -0.4 is 4.74 Å². The second kappa shape index (κ2) is 9.89. The Hall–Kier alpha value is -1.02. The average Bonchev–Trinajstić information content (AvgIpc) is 2.57. The van der Waals surface area contributed by atoms with Crippen molar-refractivity contribution in [1.29, 1.82) is 0 Å². The van der Waals surface area contributed by atoms with E-state index in [9.17, 15) is 0 Å². The third-order valence-corrected chi connectivity index (χ3v) is 4.60. The van der Waals surface area contributed by atoms with E-state index in [4.69, 9.17) is 9.47 Å². The van der Waals surface area contributed by atoms with Crippen LogP contribution in [0.25, 0.3) is 0 Å². The van der Waals surface area contributed by atoms with E-state index in [-0.39, 0.29) is 6.10 Å². The van der Waals surface area contributed by atoms with Gasteiger partial charge < -0.3 is 9.47 Å². The Morgan fingerprint density at radius 1 is 1.00 bits per heavy atom. The summed E-state index contributed by atoms with van der Waals surface area (Å²) in [6.07, 6.45) is 10.4. The summed E-state index contributed by atoms with van der Waals surface area (Å²) < 4.78 is 11.8. The molecule has 0 radical (unpaired) electrons. The maximum Gasteiger partial charge on any atom is 0.119 e. The lowest BCUT2D eigenvalue weighted by molar-refractivity contribution is -0.0199. The highest BCUT2D eigenvalue weighted by molar-refractivity contribution is 5.28. The minimum atomic E-state index is 0.284. The van der Waals surface area contributed by atoms with Gasteiger partial charge in [-0.25, -0.2) is 0 Å². The van der Waals surface area contributed by atoms with Gasteiger partial charge in [0.05, 0.1) is 19.3 Å². The Bertz CT molecular complexity index is 391. The first-order valence-corrected chi connectivity index (χ1v) is 9.17. The van der Waals surface area contributed by atoms with E-state index >= 15 is 0 Å². The Morgan fingerprint density at radius 2 is 1.77 bits per heavy atom. The molecule has 22 heavy (non-hydrogen) atoms. The van der Waals surface area contributed by atoms with E-state index in [1.54, 1.807) is 0 Å². The molecule has 1 aliphatic heterocycles. The molecule has 0 spiro atoms. The summed E-state index contributed by atoms with van der Waals surface area (Å²) in [5.41, 5.74) is 1.30. The first-order valence-electron chi connectivity index (χ1n) is 9.17. The molecule has 1 fully saturated rings. The molecule has 2 unspecified atom stereocenters. The topological polar surface area (TPSA) is 18.5 Å². The van der Waals surface area contributed by atoms with Crippen LogP contribution in [-0.2, 0) is 4.74 Å². The third-order valence-electron chi connectivity index (χ3n) is 4.60. The van der Waals surface area contributed by atoms with Gasteiger partial charge in [0, 0.05) is 0 Å². The van der Waals surface area contributed by atoms with E-state index < -0.39 is 0 Å². The van der Waals surface area contributed by atoms with Gasteiger partial charge in [-0.05, 0) is 49.3 Å². The molecule has 2 atom stereocenters. The molecule has 0 N–H and O–H groups in total. The van der Waals surface area contributed by atoms with Gasteiger partial charge in [0.25, 0.3) is 0 Å². The molecule has 1 heterocycles. The monoisotopic (exact) mass is 304 g/mol. The van der Waals surface area contributed by atoms with Crippen molar-refractivity contribution in [2.45, 2.75) is 71.3 Å². The Kier molecular flexibility index (Phi) is 7.79. The molecular formula is C20H32O2. The number of benzene rings is 1. The molecular weight excluding hydrogens is 272 g/mol. The smallest absolute Gasteiger partial charge is 0.119 e. The van der Waals surface area contributed by atoms with Crippen molar-refractivity contribution >= 4 is 0 Å². The highest BCUT2D eigenvalue weighted by atomic mass is 16.5. The number of unbranched alkanes of at least 4 members (excludes halogenated alkanes) is 3. The molecule has 2 nitrogen and oxygen atoms in total. The van der Waals surface area contributed by atoms with Gasteiger partial charge in [0.15, 0.2) is 0 Å². The molecule has 124 valence electrons. The van der Waals surface area contributed by atoms with Gasteiger partial charge in [-0.2, -0.15) is 0 Å². The molecule has 1 aliphatic rings. The quantitative estimate of drug-likeness (QED) is 0.528. The molecule has 0 saturated carbocycles. The fraction of sp³-hybridized carbons (Fsp3) is 0.700. The van der Waals surface area contributed by atoms with Crippen LogP contribution in [0.3, 0.4) is 0 Å². The lowest BCUT2D eigenvalue weighted by atomic mass is 9.91. The SMILES string of the molecule is CCCCCC1CCC(c2ccc(OCCCC)cc2)OC1. The lowest BCUT2D eigenvalue weighted by Crippen LogP contribution is -2.20. The molecule has 1 aromatic carbocycles. The fourth-order valence-electron chi connectivity index (χ4n) is 3.09. The second-order valence-corrected chi connectivity index (χ2v) is 6.53. The van der Waals surface area contributed by atoms with Crippen LogP contribution in [0.15, 0.2) is 24.3 Å². The number of hydrogen-bond acceptors (Lipinski definition) is 2. The highest BCUT2D eigenvalue weighted by Gasteiger charge is 2.22. The summed E-state index contributed by atoms with van der Waals surface area (Å²) in [7, 11) is 0. The lowest BCUT2D eigenvalue weighted by Gasteiger charge is -2.29. The van der Waals surface area contributed by atoms with Crippen LogP contribution in [0, 0.1) is 5.92 Å². The molecule has 0 bridgehead atoms. The minimum Gasteiger partial charge on any atom is -0.494 e. The van der Waals surface area contributed by atoms with Crippen molar-refractivity contribution in [3.05, 3.63) is 29.8 Å². The van der Waals surface area contributed by atoms with Gasteiger partial charge in [0.1, 0.15) is 5.75 Å². The first kappa shape index (κ1) is 17.3. The normalized spacial score (nSPS) is 21.7. The van der Waals surface area contributed by atoms with Crippen molar-refractivity contribution in [2.24, 2.45) is 5.92 Å². The van der Waals surface area contributed by atoms with Gasteiger partial charge in [-0.15, -0.1) is 0 Å². The number of hydrogen-bond donors (Lipinski definition) is 0. The Labute approximate surface area is 136 Å². The van der Waals surface area contributed by atoms with Gasteiger partial charge in [-0.3, -0.25) is 0 Å². The number of ether oxygens (including phenoxy) is 2. The zero-order chi connectivity index (χ0) is 15.6. The first-order chi connectivity index (χ1) is 10.8. The van der Waals surface area contributed by atoms with Gasteiger partial charge in [0.2, 0.25) is 0 Å². The van der Waals surface area contributed by atoms with E-state index in [0.29, 0.717) is 0 Å². The summed E-state index contributed by atoms with van der Waals surface area (Å²) in [6, 6.07) is 8.51. The number of rotatable bonds is 9. The highest BCUT2D eigenvalue weighted by Crippen LogP contribution is 2.33. The summed E-state index contributed by atoms with van der Waals surface area (Å²) in [4.78, 5) is 0. The Morgan fingerprint density at radius 3 is 2.41 bits per heavy atom. The van der Waals surface area contributed by atoms with Crippen LogP contribution in [-0.4, -0.2) is 13.2 Å². The maximum absolute atomic E-state index is 6.10. The largest absolute Gasteiger partial charge is 0.494 e. The predicted molar refractivity (Wildman–Crippen MR) is 92.4 cm³/mol. The standard InChI is InChI=1S/C20H32O2/c1-3-5-7-8-17-9-14-20(22-16-17)18-10-12-19(13-11-18)21-15-6-4-2/h10-13,17,20H,3-9,14-16H2,1-2H3. The molecule has 2 rings (SSSR count). The summed E-state index contributed by atoms with van der Waals surface area (Å²) in [5.74, 6) is 1.75. The predicted octanol–water partition coefficient (Wildman–Crippen LogP) is 5.91. The van der Waals surface area contributed by atoms with Gasteiger partial charge >= 0.3 is 0 Å². The zero-order valence-corrected chi connectivity index (χ0v) is 14.4. The average molecular weight is 304 g/mol. The van der Waals surface area contributed by atoms with Crippen LogP contribution >= 0.6 is 0 Å². The molecule has 0 amide bonds. The Balaban J connectivity index is 1.74. The summed E-state index contributed by atoms with van der Waals surface area (Å²) in [6.45, 7) is 6.20. The van der Waals surface area contributed by atoms with E-state index in [0.717, 1.165) is 37.7 Å². The van der Waals surface area contributed by atoms with Crippen molar-refractivity contribution < 1.29 is 9.47 Å². The minimum absolute atomic E-state index is 0.284. The molecule has 1 aromatic rings. The van der Waals surface area contributed by atoms with E-state index in [1.165, 1.54) is 44.1 Å². The van der Waals surface area contributed by atoms with Crippen LogP contribution in [0.2, 0.25) is 0 Å². The summed E-state index contributed by atoms with van der Waals surface area (Å²) >= 11 is 0. The van der Waals surface area contributed by atoms with Crippen LogP contribution in [0.5, 0.6) is 5.75 Å². The van der Waals surface area contributed by atoms with Gasteiger partial charge in [-0.1, -0.05) is 51.7 Å². The van der Waals surface area contributed by atoms with Crippen LogP contribution in [0.1, 0.15) is 76.9 Å². The second-order valence-electron chi connectivity index (χ2n) is 6.53. The van der Waals surface area contributed by atoms with Crippen molar-refractivity contribution in [1.82, 2.24) is 0 Å². The van der Waals surface area contributed by atoms with Crippen molar-refractivity contribution in [3.63, 3.8) is 0 Å². The fourth-order valence-corrected chi connectivity index (χ4v) is 3.09. The molecule has 1 saturated heterocycles. The van der Waals surface area contributed by atoms with E-state index in [2.05, 4.69) is 38.1 Å². The van der Waals surface area contributed by atoms with E-state index in [1.807, 2.05) is 0 Å². The summed E-state index contributed by atoms with van der Waals surface area (Å²) in [5, 5.41) is 0. The molecule has 2 heteroatoms. The molecule has 0 aromatic heterocycles. The van der Waals surface area contributed by atoms with Crippen molar-refractivity contribution in [2.75, 3.05) is 13.2 Å². The van der Waals surface area contributed by atoms with Crippen LogP contribution in [0.4, 0.5) is 0 Å². The maximum atomic E-state index is 6.10. The third kappa shape index (κ3) is 5.64. The molecule has 0 aliphatic carbocycles.